The number of hydrogen-bond donors (Lipinski definition) is 1. The van der Waals surface area contributed by atoms with Crippen LogP contribution in [0, 0.1) is 5.82 Å². The van der Waals surface area contributed by atoms with Gasteiger partial charge in [-0.1, -0.05) is 30.0 Å². The van der Waals surface area contributed by atoms with Gasteiger partial charge in [-0.05, 0) is 23.8 Å². The third-order valence-corrected chi connectivity index (χ3v) is 4.31. The molecule has 1 amide bonds. The van der Waals surface area contributed by atoms with E-state index in [0.29, 0.717) is 43.0 Å². The number of halogens is 1. The summed E-state index contributed by atoms with van der Waals surface area (Å²) in [6, 6.07) is 6.16. The minimum absolute atomic E-state index is 0.0662. The van der Waals surface area contributed by atoms with Gasteiger partial charge in [0.1, 0.15) is 11.6 Å². The van der Waals surface area contributed by atoms with Gasteiger partial charge < -0.3 is 9.64 Å². The number of hydrogen-bond acceptors (Lipinski definition) is 5. The molecule has 0 unspecified atom stereocenters. The largest absolute Gasteiger partial charge is 0.378 e. The quantitative estimate of drug-likeness (QED) is 0.838. The molecule has 1 aromatic carbocycles. The molecule has 1 aliphatic rings. The van der Waals surface area contributed by atoms with Crippen molar-refractivity contribution < 1.29 is 13.9 Å². The first-order valence-corrected chi connectivity index (χ1v) is 8.53. The molecule has 1 saturated heterocycles. The molecule has 1 aliphatic heterocycles. The smallest absolute Gasteiger partial charge is 0.233 e. The van der Waals surface area contributed by atoms with Crippen LogP contribution in [0.3, 0.4) is 0 Å². The van der Waals surface area contributed by atoms with Gasteiger partial charge in [0, 0.05) is 13.1 Å². The SMILES string of the molecule is O=C(CSc1n[nH]c(C=Cc2ccc(F)cc2)n1)N1CCOCC1. The maximum absolute atomic E-state index is 12.8. The predicted octanol–water partition coefficient (Wildman–Crippen LogP) is 2.07. The van der Waals surface area contributed by atoms with Crippen molar-refractivity contribution in [2.75, 3.05) is 32.1 Å². The molecule has 0 atom stereocenters. The molecule has 8 heteroatoms. The standard InChI is InChI=1S/C16H17FN4O2S/c17-13-4-1-12(2-5-13)3-6-14-18-16(20-19-14)24-11-15(22)21-7-9-23-10-8-21/h1-6H,7-11H2,(H,18,19,20). The van der Waals surface area contributed by atoms with Crippen LogP contribution in [0.15, 0.2) is 29.4 Å². The Morgan fingerprint density at radius 3 is 2.79 bits per heavy atom. The third-order valence-electron chi connectivity index (χ3n) is 3.47. The molecular formula is C16H17FN4O2S. The molecule has 126 valence electrons. The zero-order valence-corrected chi connectivity index (χ0v) is 13.8. The number of H-pyrrole nitrogens is 1. The zero-order valence-electron chi connectivity index (χ0n) is 12.9. The Morgan fingerprint density at radius 1 is 1.29 bits per heavy atom. The van der Waals surface area contributed by atoms with Crippen molar-refractivity contribution in [1.29, 1.82) is 0 Å². The van der Waals surface area contributed by atoms with E-state index in [1.165, 1.54) is 23.9 Å². The van der Waals surface area contributed by atoms with Crippen molar-refractivity contribution in [2.24, 2.45) is 0 Å². The molecule has 1 fully saturated rings. The summed E-state index contributed by atoms with van der Waals surface area (Å²) in [4.78, 5) is 18.1. The van der Waals surface area contributed by atoms with E-state index in [9.17, 15) is 9.18 Å². The Balaban J connectivity index is 1.51. The average molecular weight is 348 g/mol. The van der Waals surface area contributed by atoms with E-state index in [-0.39, 0.29) is 11.7 Å². The van der Waals surface area contributed by atoms with Crippen LogP contribution in [0.5, 0.6) is 0 Å². The summed E-state index contributed by atoms with van der Waals surface area (Å²) < 4.78 is 18.1. The minimum Gasteiger partial charge on any atom is -0.378 e. The minimum atomic E-state index is -0.268. The second-order valence-corrected chi connectivity index (χ2v) is 6.11. The van der Waals surface area contributed by atoms with Crippen molar-refractivity contribution >= 4 is 29.8 Å². The molecule has 3 rings (SSSR count). The van der Waals surface area contributed by atoms with Crippen LogP contribution in [-0.4, -0.2) is 58.0 Å². The number of carbonyl (C=O) groups is 1. The number of amides is 1. The lowest BCUT2D eigenvalue weighted by Gasteiger charge is -2.26. The van der Waals surface area contributed by atoms with E-state index in [0.717, 1.165) is 5.56 Å². The summed E-state index contributed by atoms with van der Waals surface area (Å²) in [6.45, 7) is 2.46. The molecule has 24 heavy (non-hydrogen) atoms. The number of thioether (sulfide) groups is 1. The van der Waals surface area contributed by atoms with Crippen LogP contribution in [0.4, 0.5) is 4.39 Å². The summed E-state index contributed by atoms with van der Waals surface area (Å²) in [5.74, 6) is 0.687. The first kappa shape index (κ1) is 16.7. The van der Waals surface area contributed by atoms with Gasteiger partial charge in [0.2, 0.25) is 11.1 Å². The molecule has 0 saturated carbocycles. The number of benzene rings is 1. The van der Waals surface area contributed by atoms with E-state index in [1.807, 2.05) is 6.08 Å². The molecule has 2 aromatic rings. The van der Waals surface area contributed by atoms with Crippen LogP contribution in [0.25, 0.3) is 12.2 Å². The Morgan fingerprint density at radius 2 is 2.04 bits per heavy atom. The maximum Gasteiger partial charge on any atom is 0.233 e. The van der Waals surface area contributed by atoms with E-state index < -0.39 is 0 Å². The third kappa shape index (κ3) is 4.65. The normalized spacial score (nSPS) is 15.1. The monoisotopic (exact) mass is 348 g/mol. The summed E-state index contributed by atoms with van der Waals surface area (Å²) in [6.07, 6.45) is 3.57. The number of nitrogens with zero attached hydrogens (tertiary/aromatic N) is 3. The highest BCUT2D eigenvalue weighted by atomic mass is 32.2. The fourth-order valence-electron chi connectivity index (χ4n) is 2.18. The second-order valence-electron chi connectivity index (χ2n) is 5.17. The Hall–Kier alpha value is -2.19. The zero-order chi connectivity index (χ0) is 16.8. The predicted molar refractivity (Wildman–Crippen MR) is 89.8 cm³/mol. The van der Waals surface area contributed by atoms with Gasteiger partial charge in [-0.25, -0.2) is 9.37 Å². The van der Waals surface area contributed by atoms with Gasteiger partial charge >= 0.3 is 0 Å². The highest BCUT2D eigenvalue weighted by molar-refractivity contribution is 7.99. The molecule has 0 aliphatic carbocycles. The van der Waals surface area contributed by atoms with Gasteiger partial charge in [-0.3, -0.25) is 9.89 Å². The van der Waals surface area contributed by atoms with Gasteiger partial charge in [-0.15, -0.1) is 5.10 Å². The summed E-state index contributed by atoms with van der Waals surface area (Å²) in [7, 11) is 0. The van der Waals surface area contributed by atoms with E-state index >= 15 is 0 Å². The number of aromatic nitrogens is 3. The van der Waals surface area contributed by atoms with Crippen molar-refractivity contribution in [1.82, 2.24) is 20.1 Å². The topological polar surface area (TPSA) is 71.1 Å². The fraction of sp³-hybridized carbons (Fsp3) is 0.312. The van der Waals surface area contributed by atoms with Crippen LogP contribution in [0.2, 0.25) is 0 Å². The van der Waals surface area contributed by atoms with Gasteiger partial charge in [0.15, 0.2) is 0 Å². The highest BCUT2D eigenvalue weighted by Crippen LogP contribution is 2.15. The summed E-state index contributed by atoms with van der Waals surface area (Å²) in [5, 5.41) is 7.41. The van der Waals surface area contributed by atoms with Gasteiger partial charge in [0.05, 0.1) is 19.0 Å². The number of aromatic amines is 1. The molecule has 6 nitrogen and oxygen atoms in total. The molecule has 0 spiro atoms. The fourth-order valence-corrected chi connectivity index (χ4v) is 2.88. The maximum atomic E-state index is 12.8. The molecule has 2 heterocycles. The highest BCUT2D eigenvalue weighted by Gasteiger charge is 2.17. The van der Waals surface area contributed by atoms with E-state index in [4.69, 9.17) is 4.74 Å². The van der Waals surface area contributed by atoms with Crippen molar-refractivity contribution in [3.05, 3.63) is 41.5 Å². The van der Waals surface area contributed by atoms with Crippen molar-refractivity contribution in [3.8, 4) is 0 Å². The van der Waals surface area contributed by atoms with Crippen LogP contribution >= 0.6 is 11.8 Å². The first-order valence-electron chi connectivity index (χ1n) is 7.55. The van der Waals surface area contributed by atoms with Gasteiger partial charge in [-0.2, -0.15) is 0 Å². The van der Waals surface area contributed by atoms with Crippen LogP contribution < -0.4 is 0 Å². The lowest BCUT2D eigenvalue weighted by atomic mass is 10.2. The summed E-state index contributed by atoms with van der Waals surface area (Å²) in [5.41, 5.74) is 0.865. The van der Waals surface area contributed by atoms with Crippen LogP contribution in [0.1, 0.15) is 11.4 Å². The molecular weight excluding hydrogens is 331 g/mol. The lowest BCUT2D eigenvalue weighted by molar-refractivity contribution is -0.132. The van der Waals surface area contributed by atoms with Crippen molar-refractivity contribution in [3.63, 3.8) is 0 Å². The van der Waals surface area contributed by atoms with Crippen LogP contribution in [-0.2, 0) is 9.53 Å². The Kier molecular flexibility index (Phi) is 5.60. The lowest BCUT2D eigenvalue weighted by Crippen LogP contribution is -2.41. The number of ether oxygens (including phenoxy) is 1. The van der Waals surface area contributed by atoms with Crippen molar-refractivity contribution in [2.45, 2.75) is 5.16 Å². The first-order chi connectivity index (χ1) is 11.7. The second kappa shape index (κ2) is 8.07. The Bertz CT molecular complexity index is 711. The van der Waals surface area contributed by atoms with Gasteiger partial charge in [0.25, 0.3) is 0 Å². The summed E-state index contributed by atoms with van der Waals surface area (Å²) >= 11 is 1.30. The average Bonchev–Trinajstić information content (AvgIpc) is 3.08. The number of nitrogens with one attached hydrogen (secondary N) is 1. The molecule has 1 aromatic heterocycles. The van der Waals surface area contributed by atoms with E-state index in [1.54, 1.807) is 23.1 Å². The Labute approximate surface area is 143 Å². The number of rotatable bonds is 5. The molecule has 0 radical (unpaired) electrons. The van der Waals surface area contributed by atoms with E-state index in [2.05, 4.69) is 15.2 Å². The number of morpholine rings is 1. The molecule has 1 N–H and O–H groups in total. The number of carbonyl (C=O) groups excluding carboxylic acids is 1. The molecule has 0 bridgehead atoms.